The minimum Gasteiger partial charge on any atom is -0.355 e. The highest BCUT2D eigenvalue weighted by atomic mass is 19.1. The number of rotatable bonds is 5. The predicted octanol–water partition coefficient (Wildman–Crippen LogP) is 3.87. The Morgan fingerprint density at radius 1 is 1.12 bits per heavy atom. The van der Waals surface area contributed by atoms with E-state index in [-0.39, 0.29) is 11.7 Å². The predicted molar refractivity (Wildman–Crippen MR) is 99.4 cm³/mol. The Labute approximate surface area is 151 Å². The van der Waals surface area contributed by atoms with Crippen LogP contribution in [-0.4, -0.2) is 22.4 Å². The molecule has 4 rings (SSSR count). The molecule has 0 spiro atoms. The summed E-state index contributed by atoms with van der Waals surface area (Å²) in [6.07, 6.45) is 4.33. The van der Waals surface area contributed by atoms with E-state index in [0.29, 0.717) is 13.0 Å². The lowest BCUT2D eigenvalue weighted by Gasteiger charge is -2.28. The summed E-state index contributed by atoms with van der Waals surface area (Å²) in [5.41, 5.74) is 2.33. The maximum atomic E-state index is 13.3. The van der Waals surface area contributed by atoms with Crippen molar-refractivity contribution < 1.29 is 9.18 Å². The number of aromatic nitrogens is 2. The van der Waals surface area contributed by atoms with Gasteiger partial charge in [0.15, 0.2) is 0 Å². The number of carbonyl (C=O) groups excluding carboxylic acids is 1. The minimum absolute atomic E-state index is 0.0396. The van der Waals surface area contributed by atoms with E-state index in [1.54, 1.807) is 12.1 Å². The van der Waals surface area contributed by atoms with Crippen LogP contribution in [0.2, 0.25) is 0 Å². The maximum Gasteiger partial charge on any atom is 0.230 e. The van der Waals surface area contributed by atoms with Gasteiger partial charge in [-0.2, -0.15) is 0 Å². The van der Waals surface area contributed by atoms with Crippen LogP contribution in [0.1, 0.15) is 37.1 Å². The van der Waals surface area contributed by atoms with Crippen molar-refractivity contribution in [1.82, 2.24) is 15.3 Å². The third kappa shape index (κ3) is 3.09. The number of para-hydroxylation sites is 2. The summed E-state index contributed by atoms with van der Waals surface area (Å²) >= 11 is 0. The number of fused-ring (bicyclic) bond motifs is 1. The van der Waals surface area contributed by atoms with Gasteiger partial charge in [-0.05, 0) is 42.7 Å². The standard InChI is InChI=1S/C21H22FN3O/c22-16-9-7-15(8-10-16)21(12-3-4-13-21)20(26)23-14-11-19-24-17-5-1-2-6-18(17)25-19/h1-2,5-10H,3-4,11-14H2,(H,23,26)(H,24,25). The topological polar surface area (TPSA) is 57.8 Å². The lowest BCUT2D eigenvalue weighted by atomic mass is 9.78. The van der Waals surface area contributed by atoms with Crippen LogP contribution < -0.4 is 5.32 Å². The number of benzene rings is 2. The van der Waals surface area contributed by atoms with Crippen LogP contribution in [0.5, 0.6) is 0 Å². The Morgan fingerprint density at radius 2 is 1.85 bits per heavy atom. The third-order valence-electron chi connectivity index (χ3n) is 5.37. The molecule has 2 aromatic carbocycles. The molecule has 1 aliphatic carbocycles. The van der Waals surface area contributed by atoms with Gasteiger partial charge < -0.3 is 10.3 Å². The van der Waals surface area contributed by atoms with E-state index in [1.807, 2.05) is 24.3 Å². The highest BCUT2D eigenvalue weighted by Crippen LogP contribution is 2.41. The molecule has 5 heteroatoms. The fraction of sp³-hybridized carbons (Fsp3) is 0.333. The molecule has 1 amide bonds. The van der Waals surface area contributed by atoms with Crippen LogP contribution in [0.25, 0.3) is 11.0 Å². The lowest BCUT2D eigenvalue weighted by Crippen LogP contribution is -2.43. The molecule has 1 fully saturated rings. The summed E-state index contributed by atoms with van der Waals surface area (Å²) in [4.78, 5) is 20.8. The summed E-state index contributed by atoms with van der Waals surface area (Å²) in [5, 5.41) is 3.08. The van der Waals surface area contributed by atoms with E-state index >= 15 is 0 Å². The van der Waals surface area contributed by atoms with Crippen molar-refractivity contribution in [2.75, 3.05) is 6.54 Å². The number of hydrogen-bond acceptors (Lipinski definition) is 2. The van der Waals surface area contributed by atoms with E-state index < -0.39 is 5.41 Å². The van der Waals surface area contributed by atoms with E-state index in [4.69, 9.17) is 0 Å². The summed E-state index contributed by atoms with van der Waals surface area (Å²) in [6.45, 7) is 0.529. The molecule has 0 unspecified atom stereocenters. The van der Waals surface area contributed by atoms with E-state index in [2.05, 4.69) is 15.3 Å². The Kier molecular flexibility index (Phi) is 4.45. The van der Waals surface area contributed by atoms with Gasteiger partial charge in [0.2, 0.25) is 5.91 Å². The van der Waals surface area contributed by atoms with Crippen LogP contribution in [0.15, 0.2) is 48.5 Å². The van der Waals surface area contributed by atoms with Gasteiger partial charge in [-0.25, -0.2) is 9.37 Å². The van der Waals surface area contributed by atoms with Crippen molar-refractivity contribution in [3.63, 3.8) is 0 Å². The van der Waals surface area contributed by atoms with E-state index in [0.717, 1.165) is 48.1 Å². The van der Waals surface area contributed by atoms with E-state index in [1.165, 1.54) is 12.1 Å². The fourth-order valence-electron chi connectivity index (χ4n) is 3.98. The normalized spacial score (nSPS) is 16.0. The van der Waals surface area contributed by atoms with Gasteiger partial charge in [0.25, 0.3) is 0 Å². The van der Waals surface area contributed by atoms with Crippen molar-refractivity contribution in [3.05, 3.63) is 65.7 Å². The fourth-order valence-corrected chi connectivity index (χ4v) is 3.98. The van der Waals surface area contributed by atoms with Gasteiger partial charge in [-0.15, -0.1) is 0 Å². The number of imidazole rings is 1. The molecule has 1 saturated carbocycles. The number of halogens is 1. The van der Waals surface area contributed by atoms with Crippen LogP contribution in [-0.2, 0) is 16.6 Å². The SMILES string of the molecule is O=C(NCCc1nc2ccccc2[nH]1)C1(c2ccc(F)cc2)CCCC1. The number of carbonyl (C=O) groups is 1. The Morgan fingerprint density at radius 3 is 2.58 bits per heavy atom. The summed E-state index contributed by atoms with van der Waals surface area (Å²) < 4.78 is 13.3. The van der Waals surface area contributed by atoms with Crippen LogP contribution >= 0.6 is 0 Å². The van der Waals surface area contributed by atoms with Crippen molar-refractivity contribution in [1.29, 1.82) is 0 Å². The maximum absolute atomic E-state index is 13.3. The Bertz CT molecular complexity index is 877. The zero-order valence-electron chi connectivity index (χ0n) is 14.6. The number of hydrogen-bond donors (Lipinski definition) is 2. The average Bonchev–Trinajstić information content (AvgIpc) is 3.29. The number of nitrogens with zero attached hydrogens (tertiary/aromatic N) is 1. The van der Waals surface area contributed by atoms with Crippen molar-refractivity contribution in [2.24, 2.45) is 0 Å². The second-order valence-electron chi connectivity index (χ2n) is 7.00. The first-order chi connectivity index (χ1) is 12.7. The first-order valence-corrected chi connectivity index (χ1v) is 9.15. The zero-order chi connectivity index (χ0) is 18.0. The molecule has 26 heavy (non-hydrogen) atoms. The average molecular weight is 351 g/mol. The quantitative estimate of drug-likeness (QED) is 0.733. The highest BCUT2D eigenvalue weighted by Gasteiger charge is 2.42. The van der Waals surface area contributed by atoms with Crippen LogP contribution in [0.4, 0.5) is 4.39 Å². The lowest BCUT2D eigenvalue weighted by molar-refractivity contribution is -0.126. The third-order valence-corrected chi connectivity index (χ3v) is 5.37. The largest absolute Gasteiger partial charge is 0.355 e. The highest BCUT2D eigenvalue weighted by molar-refractivity contribution is 5.88. The molecule has 0 aliphatic heterocycles. The smallest absolute Gasteiger partial charge is 0.230 e. The van der Waals surface area contributed by atoms with Gasteiger partial charge in [-0.3, -0.25) is 4.79 Å². The molecule has 3 aromatic rings. The van der Waals surface area contributed by atoms with Crippen molar-refractivity contribution >= 4 is 16.9 Å². The molecule has 1 aromatic heterocycles. The van der Waals surface area contributed by atoms with Crippen LogP contribution in [0, 0.1) is 5.82 Å². The van der Waals surface area contributed by atoms with Gasteiger partial charge in [0.1, 0.15) is 11.6 Å². The first kappa shape index (κ1) is 16.8. The molecule has 0 atom stereocenters. The van der Waals surface area contributed by atoms with Gasteiger partial charge in [0.05, 0.1) is 16.4 Å². The Hall–Kier alpha value is -2.69. The molecule has 4 nitrogen and oxygen atoms in total. The summed E-state index contributed by atoms with van der Waals surface area (Å²) in [6, 6.07) is 14.3. The molecule has 0 radical (unpaired) electrons. The molecule has 134 valence electrons. The number of aromatic amines is 1. The molecular weight excluding hydrogens is 329 g/mol. The van der Waals surface area contributed by atoms with E-state index in [9.17, 15) is 9.18 Å². The minimum atomic E-state index is -0.526. The van der Waals surface area contributed by atoms with Gasteiger partial charge >= 0.3 is 0 Å². The molecule has 1 aliphatic rings. The molecule has 2 N–H and O–H groups in total. The molecule has 0 saturated heterocycles. The number of nitrogens with one attached hydrogen (secondary N) is 2. The van der Waals surface area contributed by atoms with Crippen LogP contribution in [0.3, 0.4) is 0 Å². The Balaban J connectivity index is 1.44. The number of H-pyrrole nitrogens is 1. The summed E-state index contributed by atoms with van der Waals surface area (Å²) in [7, 11) is 0. The molecule has 1 heterocycles. The molecule has 0 bridgehead atoms. The zero-order valence-corrected chi connectivity index (χ0v) is 14.6. The first-order valence-electron chi connectivity index (χ1n) is 9.15. The van der Waals surface area contributed by atoms with Crippen molar-refractivity contribution in [2.45, 2.75) is 37.5 Å². The van der Waals surface area contributed by atoms with Crippen molar-refractivity contribution in [3.8, 4) is 0 Å². The summed E-state index contributed by atoms with van der Waals surface area (Å²) in [5.74, 6) is 0.638. The monoisotopic (exact) mass is 351 g/mol. The van der Waals surface area contributed by atoms with Gasteiger partial charge in [0, 0.05) is 13.0 Å². The van der Waals surface area contributed by atoms with Gasteiger partial charge in [-0.1, -0.05) is 37.1 Å². The number of amides is 1. The second kappa shape index (κ2) is 6.90. The molecular formula is C21H22FN3O. The second-order valence-corrected chi connectivity index (χ2v) is 7.00.